The Morgan fingerprint density at radius 2 is 1.77 bits per heavy atom. The maximum Gasteiger partial charge on any atom is 0.348 e. The highest BCUT2D eigenvalue weighted by Crippen LogP contribution is 2.53. The van der Waals surface area contributed by atoms with Crippen molar-refractivity contribution in [2.45, 2.75) is 71.7 Å². The molecule has 2 bridgehead atoms. The van der Waals surface area contributed by atoms with Crippen molar-refractivity contribution < 1.29 is 22.7 Å². The summed E-state index contributed by atoms with van der Waals surface area (Å²) < 4.78 is 33.7. The predicted octanol–water partition coefficient (Wildman–Crippen LogP) is 5.38. The Bertz CT molecular complexity index is 1260. The number of carbonyl (C=O) groups excluding carboxylic acids is 2. The minimum atomic E-state index is -3.65. The van der Waals surface area contributed by atoms with E-state index in [9.17, 15) is 18.0 Å². The summed E-state index contributed by atoms with van der Waals surface area (Å²) >= 11 is 1.18. The van der Waals surface area contributed by atoms with Gasteiger partial charge in [-0.3, -0.25) is 4.79 Å². The van der Waals surface area contributed by atoms with Gasteiger partial charge in [0.25, 0.3) is 5.91 Å². The highest BCUT2D eigenvalue weighted by molar-refractivity contribution is 7.89. The molecular formula is C26H34N2O5S2. The number of nitrogens with zero attached hydrogens (tertiary/aromatic N) is 1. The van der Waals surface area contributed by atoms with Gasteiger partial charge in [-0.2, -0.15) is 4.31 Å². The van der Waals surface area contributed by atoms with Crippen LogP contribution in [0, 0.1) is 24.7 Å². The van der Waals surface area contributed by atoms with Crippen LogP contribution < -0.4 is 5.32 Å². The first-order valence-corrected chi connectivity index (χ1v) is 14.2. The zero-order valence-electron chi connectivity index (χ0n) is 21.2. The Hall–Kier alpha value is -2.23. The molecule has 7 nitrogen and oxygen atoms in total. The number of rotatable bonds is 6. The van der Waals surface area contributed by atoms with Crippen molar-refractivity contribution in [1.82, 2.24) is 4.31 Å². The van der Waals surface area contributed by atoms with Crippen LogP contribution >= 0.6 is 11.3 Å². The van der Waals surface area contributed by atoms with Crippen LogP contribution in [0.1, 0.15) is 78.1 Å². The molecule has 1 saturated heterocycles. The third-order valence-electron chi connectivity index (χ3n) is 7.23. The van der Waals surface area contributed by atoms with Crippen LogP contribution in [0.3, 0.4) is 0 Å². The second-order valence-electron chi connectivity index (χ2n) is 11.0. The first kappa shape index (κ1) is 25.9. The molecule has 1 aliphatic heterocycles. The Balaban J connectivity index is 1.51. The lowest BCUT2D eigenvalue weighted by atomic mass is 9.65. The molecule has 4 rings (SSSR count). The van der Waals surface area contributed by atoms with Crippen molar-refractivity contribution in [3.8, 4) is 0 Å². The Morgan fingerprint density at radius 3 is 2.40 bits per heavy atom. The predicted molar refractivity (Wildman–Crippen MR) is 138 cm³/mol. The summed E-state index contributed by atoms with van der Waals surface area (Å²) in [5.41, 5.74) is 2.05. The maximum absolute atomic E-state index is 13.5. The number of anilines is 1. The average Bonchev–Trinajstić information content (AvgIpc) is 3.20. The van der Waals surface area contributed by atoms with Crippen molar-refractivity contribution in [2.75, 3.05) is 18.5 Å². The van der Waals surface area contributed by atoms with Crippen LogP contribution in [0.4, 0.5) is 5.00 Å². The summed E-state index contributed by atoms with van der Waals surface area (Å²) in [7, 11) is -3.65. The van der Waals surface area contributed by atoms with Gasteiger partial charge in [-0.25, -0.2) is 13.2 Å². The van der Waals surface area contributed by atoms with Crippen LogP contribution in [-0.4, -0.2) is 43.8 Å². The summed E-state index contributed by atoms with van der Waals surface area (Å²) in [6, 6.07) is 6.11. The van der Waals surface area contributed by atoms with E-state index in [4.69, 9.17) is 4.74 Å². The Morgan fingerprint density at radius 1 is 1.11 bits per heavy atom. The molecule has 1 aromatic carbocycles. The van der Waals surface area contributed by atoms with Gasteiger partial charge in [-0.15, -0.1) is 11.3 Å². The molecule has 2 heterocycles. The van der Waals surface area contributed by atoms with Gasteiger partial charge in [-0.1, -0.05) is 20.8 Å². The molecule has 2 aliphatic rings. The molecular weight excluding hydrogens is 484 g/mol. The molecule has 35 heavy (non-hydrogen) atoms. The molecule has 2 unspecified atom stereocenters. The number of hydrogen-bond acceptors (Lipinski definition) is 6. The Labute approximate surface area is 211 Å². The van der Waals surface area contributed by atoms with E-state index in [0.29, 0.717) is 22.0 Å². The van der Waals surface area contributed by atoms with Gasteiger partial charge < -0.3 is 10.1 Å². The van der Waals surface area contributed by atoms with Crippen LogP contribution in [0.25, 0.3) is 0 Å². The van der Waals surface area contributed by atoms with Gasteiger partial charge in [0.2, 0.25) is 10.0 Å². The molecule has 9 heteroatoms. The number of hydrogen-bond donors (Lipinski definition) is 1. The first-order valence-electron chi connectivity index (χ1n) is 12.0. The van der Waals surface area contributed by atoms with Gasteiger partial charge in [0, 0.05) is 18.2 Å². The SMILES string of the molecule is CCOC(=O)c1sc(NC(=O)c2ccc(S(=O)(=O)N3CC4(C)CC3CC(C)(C)C4)cc2)c(C)c1C. The van der Waals surface area contributed by atoms with Gasteiger partial charge in [0.1, 0.15) is 4.88 Å². The normalized spacial score (nSPS) is 23.8. The monoisotopic (exact) mass is 518 g/mol. The zero-order chi connectivity index (χ0) is 25.8. The van der Waals surface area contributed by atoms with Crippen molar-refractivity contribution >= 4 is 38.2 Å². The highest BCUT2D eigenvalue weighted by atomic mass is 32.2. The minimum absolute atomic E-state index is 0.00157. The van der Waals surface area contributed by atoms with Gasteiger partial charge >= 0.3 is 5.97 Å². The van der Waals surface area contributed by atoms with Crippen molar-refractivity contribution in [3.05, 3.63) is 45.8 Å². The van der Waals surface area contributed by atoms with E-state index in [0.717, 1.165) is 30.4 Å². The third kappa shape index (κ3) is 4.90. The van der Waals surface area contributed by atoms with Crippen molar-refractivity contribution in [2.24, 2.45) is 10.8 Å². The number of amides is 1. The fourth-order valence-electron chi connectivity index (χ4n) is 5.88. The average molecular weight is 519 g/mol. The fourth-order valence-corrected chi connectivity index (χ4v) is 8.76. The van der Waals surface area contributed by atoms with E-state index in [2.05, 4.69) is 26.1 Å². The number of benzene rings is 1. The highest BCUT2D eigenvalue weighted by Gasteiger charge is 2.53. The van der Waals surface area contributed by atoms with E-state index < -0.39 is 16.0 Å². The van der Waals surface area contributed by atoms with E-state index in [-0.39, 0.29) is 34.3 Å². The number of sulfonamides is 1. The summed E-state index contributed by atoms with van der Waals surface area (Å²) in [6.07, 6.45) is 2.76. The number of ether oxygens (including phenoxy) is 1. The van der Waals surface area contributed by atoms with Crippen LogP contribution in [0.5, 0.6) is 0 Å². The molecule has 0 spiro atoms. The smallest absolute Gasteiger partial charge is 0.348 e. The van der Waals surface area contributed by atoms with Gasteiger partial charge in [-0.05, 0) is 86.3 Å². The lowest BCUT2D eigenvalue weighted by molar-refractivity contribution is 0.0531. The number of nitrogens with one attached hydrogen (secondary N) is 1. The molecule has 1 N–H and O–H groups in total. The maximum atomic E-state index is 13.5. The largest absolute Gasteiger partial charge is 0.462 e. The number of carbonyl (C=O) groups is 2. The molecule has 2 aromatic rings. The van der Waals surface area contributed by atoms with Gasteiger partial charge in [0.05, 0.1) is 16.5 Å². The zero-order valence-corrected chi connectivity index (χ0v) is 22.9. The van der Waals surface area contributed by atoms with Gasteiger partial charge in [0.15, 0.2) is 0 Å². The van der Waals surface area contributed by atoms with E-state index >= 15 is 0 Å². The van der Waals surface area contributed by atoms with Crippen LogP contribution in [0.2, 0.25) is 0 Å². The molecule has 0 radical (unpaired) electrons. The molecule has 1 amide bonds. The standard InChI is InChI=1S/C26H34N2O5S2/c1-7-33-24(30)21-16(2)17(3)23(34-21)27-22(29)18-8-10-20(11-9-18)35(31,32)28-15-26(6)13-19(28)12-25(4,5)14-26/h8-11,19H,7,12-15H2,1-6H3,(H,27,29). The number of thiophene rings is 1. The summed E-state index contributed by atoms with van der Waals surface area (Å²) in [4.78, 5) is 25.7. The third-order valence-corrected chi connectivity index (χ3v) is 10.4. The lowest BCUT2D eigenvalue weighted by Crippen LogP contribution is -2.37. The Kier molecular flexibility index (Phi) is 6.66. The molecule has 1 saturated carbocycles. The molecule has 2 fully saturated rings. The van der Waals surface area contributed by atoms with Crippen LogP contribution in [-0.2, 0) is 14.8 Å². The fraction of sp³-hybridized carbons (Fsp3) is 0.538. The van der Waals surface area contributed by atoms with E-state index in [1.165, 1.54) is 35.6 Å². The van der Waals surface area contributed by atoms with E-state index in [1.807, 2.05) is 13.8 Å². The minimum Gasteiger partial charge on any atom is -0.462 e. The van der Waals surface area contributed by atoms with Crippen LogP contribution in [0.15, 0.2) is 29.2 Å². The number of fused-ring (bicyclic) bond motifs is 2. The number of esters is 1. The second-order valence-corrected chi connectivity index (χ2v) is 13.9. The second kappa shape index (κ2) is 9.01. The van der Waals surface area contributed by atoms with Crippen molar-refractivity contribution in [3.63, 3.8) is 0 Å². The first-order chi connectivity index (χ1) is 16.3. The quantitative estimate of drug-likeness (QED) is 0.518. The topological polar surface area (TPSA) is 92.8 Å². The summed E-state index contributed by atoms with van der Waals surface area (Å²) in [6.45, 7) is 12.8. The van der Waals surface area contributed by atoms with E-state index in [1.54, 1.807) is 11.2 Å². The molecule has 190 valence electrons. The summed E-state index contributed by atoms with van der Waals surface area (Å²) in [5.74, 6) is -0.767. The summed E-state index contributed by atoms with van der Waals surface area (Å²) in [5, 5.41) is 3.43. The molecule has 1 aliphatic carbocycles. The lowest BCUT2D eigenvalue weighted by Gasteiger charge is -2.39. The molecule has 2 atom stereocenters. The molecule has 1 aromatic heterocycles. The van der Waals surface area contributed by atoms with Crippen molar-refractivity contribution in [1.29, 1.82) is 0 Å².